The fraction of sp³-hybridized carbons (Fsp3) is 1.00. The largest absolute Gasteiger partial charge is 0.367 e. The summed E-state index contributed by atoms with van der Waals surface area (Å²) in [6.07, 6.45) is -0.852. The smallest absolute Gasteiger partial charge is 0.266 e. The van der Waals surface area contributed by atoms with Crippen LogP contribution in [0.4, 0.5) is 0 Å². The number of aliphatic hydroxyl groups excluding tert-OH is 1. The maximum Gasteiger partial charge on any atom is 0.266 e. The Morgan fingerprint density at radius 1 is 1.54 bits per heavy atom. The van der Waals surface area contributed by atoms with Crippen LogP contribution >= 0.6 is 0 Å². The lowest BCUT2D eigenvalue weighted by molar-refractivity contribution is -0.144. The highest BCUT2D eigenvalue weighted by Crippen LogP contribution is 2.02. The van der Waals surface area contributed by atoms with E-state index in [2.05, 4.69) is 0 Å². The number of β-amino-alcohol motifs (C(OH)–C–C–N with tert-alkyl or cyclic N) is 1. The molecule has 6 nitrogen and oxygen atoms in total. The molecule has 0 saturated carbocycles. The fourth-order valence-electron chi connectivity index (χ4n) is 1.13. The summed E-state index contributed by atoms with van der Waals surface area (Å²) in [4.78, 5) is 1.72. The van der Waals surface area contributed by atoms with Gasteiger partial charge in [-0.1, -0.05) is 0 Å². The monoisotopic (exact) mass is 211 g/mol. The zero-order valence-corrected chi connectivity index (χ0v) is 7.90. The Labute approximate surface area is 76.9 Å². The summed E-state index contributed by atoms with van der Waals surface area (Å²) in [6, 6.07) is 0. The second-order valence-electron chi connectivity index (χ2n) is 2.91. The standard InChI is InChI=1S/C6H13NO5S/c8-6-5-7(1-3-12-6)2-4-13(9,10)11/h6,8H,1-5H2,(H,9,10,11). The second kappa shape index (κ2) is 4.34. The van der Waals surface area contributed by atoms with E-state index in [0.717, 1.165) is 0 Å². The first-order valence-electron chi connectivity index (χ1n) is 3.94. The van der Waals surface area contributed by atoms with Gasteiger partial charge in [-0.25, -0.2) is 0 Å². The van der Waals surface area contributed by atoms with Crippen molar-refractivity contribution in [3.8, 4) is 0 Å². The zero-order chi connectivity index (χ0) is 9.90. The first-order valence-corrected chi connectivity index (χ1v) is 5.55. The van der Waals surface area contributed by atoms with Crippen molar-refractivity contribution in [1.82, 2.24) is 4.90 Å². The number of hydrogen-bond acceptors (Lipinski definition) is 5. The highest BCUT2D eigenvalue weighted by molar-refractivity contribution is 7.85. The van der Waals surface area contributed by atoms with Crippen molar-refractivity contribution in [1.29, 1.82) is 0 Å². The van der Waals surface area contributed by atoms with Crippen LogP contribution in [0.25, 0.3) is 0 Å². The summed E-state index contributed by atoms with van der Waals surface area (Å²) >= 11 is 0. The van der Waals surface area contributed by atoms with Gasteiger partial charge in [0.25, 0.3) is 10.1 Å². The predicted octanol–water partition coefficient (Wildman–Crippen LogP) is -1.48. The zero-order valence-electron chi connectivity index (χ0n) is 7.09. The topological polar surface area (TPSA) is 87.1 Å². The van der Waals surface area contributed by atoms with Gasteiger partial charge in [0.15, 0.2) is 6.29 Å². The maximum atomic E-state index is 10.4. The Kier molecular flexibility index (Phi) is 3.63. The number of morpholine rings is 1. The SMILES string of the molecule is O=S(=O)(O)CCN1CCOC(O)C1. The molecule has 1 rings (SSSR count). The molecule has 2 N–H and O–H groups in total. The van der Waals surface area contributed by atoms with E-state index in [1.54, 1.807) is 4.90 Å². The molecular weight excluding hydrogens is 198 g/mol. The molecule has 1 aliphatic heterocycles. The van der Waals surface area contributed by atoms with E-state index in [9.17, 15) is 8.42 Å². The third-order valence-corrected chi connectivity index (χ3v) is 2.50. The van der Waals surface area contributed by atoms with E-state index in [1.165, 1.54) is 0 Å². The van der Waals surface area contributed by atoms with E-state index >= 15 is 0 Å². The van der Waals surface area contributed by atoms with E-state index in [-0.39, 0.29) is 18.8 Å². The van der Waals surface area contributed by atoms with Crippen LogP contribution in [0.5, 0.6) is 0 Å². The minimum absolute atomic E-state index is 0.221. The van der Waals surface area contributed by atoms with Crippen molar-refractivity contribution in [3.05, 3.63) is 0 Å². The minimum Gasteiger partial charge on any atom is -0.367 e. The van der Waals surface area contributed by atoms with Crippen molar-refractivity contribution in [2.75, 3.05) is 32.0 Å². The molecule has 0 bridgehead atoms. The van der Waals surface area contributed by atoms with Crippen LogP contribution in [0.2, 0.25) is 0 Å². The number of aliphatic hydroxyl groups is 1. The second-order valence-corrected chi connectivity index (χ2v) is 4.48. The molecular formula is C6H13NO5S. The van der Waals surface area contributed by atoms with Gasteiger partial charge in [-0.3, -0.25) is 9.45 Å². The quantitative estimate of drug-likeness (QED) is 0.554. The molecule has 1 aliphatic rings. The van der Waals surface area contributed by atoms with E-state index in [1.807, 2.05) is 0 Å². The molecule has 1 atom stereocenters. The number of nitrogens with zero attached hydrogens (tertiary/aromatic N) is 1. The first-order chi connectivity index (χ1) is 5.97. The van der Waals surface area contributed by atoms with Gasteiger partial charge in [-0.15, -0.1) is 0 Å². The van der Waals surface area contributed by atoms with Gasteiger partial charge >= 0.3 is 0 Å². The van der Waals surface area contributed by atoms with E-state index in [0.29, 0.717) is 13.2 Å². The molecule has 0 aromatic rings. The molecule has 0 aromatic heterocycles. The highest BCUT2D eigenvalue weighted by Gasteiger charge is 2.19. The molecule has 7 heteroatoms. The molecule has 1 saturated heterocycles. The lowest BCUT2D eigenvalue weighted by Gasteiger charge is -2.29. The Morgan fingerprint density at radius 2 is 2.23 bits per heavy atom. The first kappa shape index (κ1) is 10.9. The summed E-state index contributed by atoms with van der Waals surface area (Å²) in [7, 11) is -3.91. The molecule has 0 spiro atoms. The third-order valence-electron chi connectivity index (χ3n) is 1.80. The normalized spacial score (nSPS) is 26.2. The molecule has 1 fully saturated rings. The van der Waals surface area contributed by atoms with Gasteiger partial charge in [0.05, 0.1) is 12.4 Å². The van der Waals surface area contributed by atoms with Crippen LogP contribution in [0.3, 0.4) is 0 Å². The summed E-state index contributed by atoms with van der Waals surface area (Å²) in [5.41, 5.74) is 0. The van der Waals surface area contributed by atoms with Gasteiger partial charge in [0, 0.05) is 19.6 Å². The van der Waals surface area contributed by atoms with Crippen LogP contribution < -0.4 is 0 Å². The predicted molar refractivity (Wildman–Crippen MR) is 44.8 cm³/mol. The molecule has 0 aromatic carbocycles. The van der Waals surface area contributed by atoms with E-state index < -0.39 is 16.4 Å². The van der Waals surface area contributed by atoms with Crippen LogP contribution in [-0.4, -0.2) is 61.3 Å². The Bertz CT molecular complexity index is 252. The summed E-state index contributed by atoms with van der Waals surface area (Å²) in [6.45, 7) is 1.47. The molecule has 0 aliphatic carbocycles. The Morgan fingerprint density at radius 3 is 2.77 bits per heavy atom. The van der Waals surface area contributed by atoms with Crippen LogP contribution in [0, 0.1) is 0 Å². The lowest BCUT2D eigenvalue weighted by Crippen LogP contribution is -2.44. The average Bonchev–Trinajstić information content (AvgIpc) is 2.00. The molecule has 1 heterocycles. The van der Waals surface area contributed by atoms with E-state index in [4.69, 9.17) is 14.4 Å². The van der Waals surface area contributed by atoms with Crippen LogP contribution in [-0.2, 0) is 14.9 Å². The van der Waals surface area contributed by atoms with Gasteiger partial charge in [-0.05, 0) is 0 Å². The molecule has 0 amide bonds. The molecule has 1 unspecified atom stereocenters. The summed E-state index contributed by atoms with van der Waals surface area (Å²) < 4.78 is 34.1. The van der Waals surface area contributed by atoms with Crippen molar-refractivity contribution < 1.29 is 22.8 Å². The van der Waals surface area contributed by atoms with Gasteiger partial charge in [-0.2, -0.15) is 8.42 Å². The average molecular weight is 211 g/mol. The van der Waals surface area contributed by atoms with Crippen LogP contribution in [0.15, 0.2) is 0 Å². The Balaban J connectivity index is 2.29. The molecule has 78 valence electrons. The van der Waals surface area contributed by atoms with Crippen molar-refractivity contribution in [2.24, 2.45) is 0 Å². The fourth-order valence-corrected chi connectivity index (χ4v) is 1.62. The summed E-state index contributed by atoms with van der Waals surface area (Å²) in [5.74, 6) is -0.306. The van der Waals surface area contributed by atoms with Crippen molar-refractivity contribution in [2.45, 2.75) is 6.29 Å². The van der Waals surface area contributed by atoms with Gasteiger partial charge in [0.1, 0.15) is 0 Å². The number of rotatable bonds is 3. The van der Waals surface area contributed by atoms with Gasteiger partial charge < -0.3 is 9.84 Å². The third kappa shape index (κ3) is 4.53. The molecule has 13 heavy (non-hydrogen) atoms. The number of hydrogen-bond donors (Lipinski definition) is 2. The maximum absolute atomic E-state index is 10.4. The lowest BCUT2D eigenvalue weighted by atomic mass is 10.4. The molecule has 0 radical (unpaired) electrons. The van der Waals surface area contributed by atoms with Crippen LogP contribution in [0.1, 0.15) is 0 Å². The number of ether oxygens (including phenoxy) is 1. The summed E-state index contributed by atoms with van der Waals surface area (Å²) in [5, 5.41) is 9.03. The van der Waals surface area contributed by atoms with Crippen molar-refractivity contribution >= 4 is 10.1 Å². The van der Waals surface area contributed by atoms with Gasteiger partial charge in [0.2, 0.25) is 0 Å². The Hall–Kier alpha value is -0.210. The highest BCUT2D eigenvalue weighted by atomic mass is 32.2. The van der Waals surface area contributed by atoms with Crippen molar-refractivity contribution in [3.63, 3.8) is 0 Å². The minimum atomic E-state index is -3.91.